The Morgan fingerprint density at radius 1 is 0.684 bits per heavy atom. The zero-order valence-electron chi connectivity index (χ0n) is 11.0. The van der Waals surface area contributed by atoms with Gasteiger partial charge in [-0.15, -0.1) is 0 Å². The summed E-state index contributed by atoms with van der Waals surface area (Å²) < 4.78 is 24.2. The van der Waals surface area contributed by atoms with Gasteiger partial charge in [-0.05, 0) is 38.1 Å². The second-order valence-corrected chi connectivity index (χ2v) is 7.70. The van der Waals surface area contributed by atoms with Crippen LogP contribution in [0.3, 0.4) is 0 Å². The van der Waals surface area contributed by atoms with Crippen LogP contribution in [-0.2, 0) is 21.6 Å². The van der Waals surface area contributed by atoms with E-state index in [1.165, 1.54) is 0 Å². The first-order chi connectivity index (χ1) is 9.06. The number of hydrogen-bond acceptors (Lipinski definition) is 2. The van der Waals surface area contributed by atoms with E-state index in [9.17, 15) is 8.42 Å². The molecule has 0 aliphatic heterocycles. The van der Waals surface area contributed by atoms with Crippen molar-refractivity contribution >= 4 is 21.6 Å². The molecule has 2 nitrogen and oxygen atoms in total. The van der Waals surface area contributed by atoms with Crippen LogP contribution in [0.25, 0.3) is 0 Å². The van der Waals surface area contributed by atoms with Gasteiger partial charge in [0.25, 0.3) is 0 Å². The van der Waals surface area contributed by atoms with E-state index < -0.39 is 21.6 Å². The van der Waals surface area contributed by atoms with Crippen molar-refractivity contribution in [2.45, 2.75) is 23.6 Å². The molecule has 0 aromatic heterocycles. The molecule has 2 atom stereocenters. The van der Waals surface area contributed by atoms with Gasteiger partial charge in [-0.25, -0.2) is 0 Å². The maximum atomic E-state index is 12.1. The van der Waals surface area contributed by atoms with Crippen LogP contribution < -0.4 is 0 Å². The molecule has 0 aliphatic carbocycles. The average molecular weight is 292 g/mol. The molecule has 0 saturated carbocycles. The number of benzene rings is 2. The molecule has 2 unspecified atom stereocenters. The molecule has 0 bridgehead atoms. The Bertz CT molecular complexity index is 546. The van der Waals surface area contributed by atoms with Gasteiger partial charge in [0.2, 0.25) is 0 Å². The Kier molecular flexibility index (Phi) is 4.66. The van der Waals surface area contributed by atoms with E-state index in [-0.39, 0.29) is 5.08 Å². The zero-order valence-corrected chi connectivity index (χ0v) is 12.6. The molecule has 100 valence electrons. The number of aryl methyl sites for hydroxylation is 2. The predicted octanol–water partition coefficient (Wildman–Crippen LogP) is 3.18. The minimum atomic E-state index is -1.23. The lowest BCUT2D eigenvalue weighted by Crippen LogP contribution is -2.05. The third-order valence-electron chi connectivity index (χ3n) is 2.78. The van der Waals surface area contributed by atoms with Gasteiger partial charge in [-0.1, -0.05) is 35.4 Å². The van der Waals surface area contributed by atoms with Gasteiger partial charge in [-0.3, -0.25) is 8.42 Å². The second kappa shape index (κ2) is 6.26. The summed E-state index contributed by atoms with van der Waals surface area (Å²) in [5, 5.41) is 0.145. The Morgan fingerprint density at radius 3 is 1.32 bits per heavy atom. The number of hydrogen-bond donors (Lipinski definition) is 0. The van der Waals surface area contributed by atoms with Crippen LogP contribution in [0.4, 0.5) is 0 Å². The molecule has 2 rings (SSSR count). The predicted molar refractivity (Wildman–Crippen MR) is 80.0 cm³/mol. The summed E-state index contributed by atoms with van der Waals surface area (Å²) in [5.74, 6) is 0. The molecular formula is C15H16O2S2. The van der Waals surface area contributed by atoms with Crippen molar-refractivity contribution in [2.24, 2.45) is 0 Å². The van der Waals surface area contributed by atoms with Crippen LogP contribution >= 0.6 is 0 Å². The summed E-state index contributed by atoms with van der Waals surface area (Å²) in [6.07, 6.45) is 0. The third-order valence-corrected chi connectivity index (χ3v) is 6.09. The smallest absolute Gasteiger partial charge is 0.108 e. The van der Waals surface area contributed by atoms with E-state index in [4.69, 9.17) is 0 Å². The zero-order chi connectivity index (χ0) is 13.8. The van der Waals surface area contributed by atoms with Crippen molar-refractivity contribution in [2.75, 3.05) is 5.08 Å². The maximum Gasteiger partial charge on any atom is 0.108 e. The lowest BCUT2D eigenvalue weighted by Gasteiger charge is -2.04. The van der Waals surface area contributed by atoms with Crippen molar-refractivity contribution < 1.29 is 8.42 Å². The van der Waals surface area contributed by atoms with Gasteiger partial charge in [0.05, 0.1) is 21.6 Å². The first kappa shape index (κ1) is 14.2. The fourth-order valence-electron chi connectivity index (χ4n) is 1.61. The molecule has 0 radical (unpaired) electrons. The minimum absolute atomic E-state index is 0.145. The van der Waals surface area contributed by atoms with Crippen molar-refractivity contribution in [3.8, 4) is 0 Å². The summed E-state index contributed by atoms with van der Waals surface area (Å²) in [6.45, 7) is 3.97. The normalized spacial score (nSPS) is 14.0. The molecule has 0 heterocycles. The standard InChI is InChI=1S/C15H16O2S2/c1-12-3-7-14(8-4-12)18(16)11-19(17)15-9-5-13(2)6-10-15/h3-10H,11H2,1-2H3. The van der Waals surface area contributed by atoms with Crippen LogP contribution in [0.5, 0.6) is 0 Å². The molecule has 0 fully saturated rings. The lowest BCUT2D eigenvalue weighted by atomic mass is 10.2. The summed E-state index contributed by atoms with van der Waals surface area (Å²) in [5.41, 5.74) is 2.25. The summed E-state index contributed by atoms with van der Waals surface area (Å²) in [7, 11) is -2.46. The molecule has 4 heteroatoms. The van der Waals surface area contributed by atoms with Gasteiger partial charge in [0, 0.05) is 9.79 Å². The van der Waals surface area contributed by atoms with Crippen molar-refractivity contribution in [3.05, 3.63) is 59.7 Å². The SMILES string of the molecule is Cc1ccc(S(=O)CS(=O)c2ccc(C)cc2)cc1. The Balaban J connectivity index is 2.08. The third kappa shape index (κ3) is 3.85. The molecule has 0 aliphatic rings. The molecule has 0 saturated heterocycles. The Morgan fingerprint density at radius 2 is 1.00 bits per heavy atom. The highest BCUT2D eigenvalue weighted by molar-refractivity contribution is 8.01. The molecule has 0 N–H and O–H groups in total. The Labute approximate surface area is 118 Å². The van der Waals surface area contributed by atoms with E-state index in [1.807, 2.05) is 62.4 Å². The highest BCUT2D eigenvalue weighted by Crippen LogP contribution is 2.14. The Hall–Kier alpha value is -1.26. The minimum Gasteiger partial charge on any atom is -0.253 e. The molecule has 2 aromatic rings. The molecule has 0 spiro atoms. The van der Waals surface area contributed by atoms with Crippen LogP contribution in [0.2, 0.25) is 0 Å². The van der Waals surface area contributed by atoms with Crippen LogP contribution in [0.15, 0.2) is 58.3 Å². The van der Waals surface area contributed by atoms with Crippen LogP contribution in [0.1, 0.15) is 11.1 Å². The average Bonchev–Trinajstić information content (AvgIpc) is 2.40. The first-order valence-electron chi connectivity index (χ1n) is 5.96. The molecular weight excluding hydrogens is 276 g/mol. The molecule has 19 heavy (non-hydrogen) atoms. The van der Waals surface area contributed by atoms with Gasteiger partial charge in [-0.2, -0.15) is 0 Å². The first-order valence-corrected chi connectivity index (χ1v) is 8.60. The second-order valence-electron chi connectivity index (χ2n) is 4.44. The van der Waals surface area contributed by atoms with E-state index in [2.05, 4.69) is 0 Å². The van der Waals surface area contributed by atoms with Crippen molar-refractivity contribution in [3.63, 3.8) is 0 Å². The summed E-state index contributed by atoms with van der Waals surface area (Å²) in [4.78, 5) is 1.46. The van der Waals surface area contributed by atoms with Crippen molar-refractivity contribution in [1.29, 1.82) is 0 Å². The fraction of sp³-hybridized carbons (Fsp3) is 0.200. The maximum absolute atomic E-state index is 12.1. The highest BCUT2D eigenvalue weighted by atomic mass is 32.2. The van der Waals surface area contributed by atoms with Crippen molar-refractivity contribution in [1.82, 2.24) is 0 Å². The topological polar surface area (TPSA) is 34.1 Å². The van der Waals surface area contributed by atoms with E-state index in [0.29, 0.717) is 0 Å². The van der Waals surface area contributed by atoms with Gasteiger partial charge < -0.3 is 0 Å². The van der Waals surface area contributed by atoms with Gasteiger partial charge in [0.15, 0.2) is 0 Å². The highest BCUT2D eigenvalue weighted by Gasteiger charge is 2.10. The largest absolute Gasteiger partial charge is 0.253 e. The summed E-state index contributed by atoms with van der Waals surface area (Å²) in [6, 6.07) is 15.0. The van der Waals surface area contributed by atoms with Gasteiger partial charge >= 0.3 is 0 Å². The molecule has 2 aromatic carbocycles. The summed E-state index contributed by atoms with van der Waals surface area (Å²) >= 11 is 0. The quantitative estimate of drug-likeness (QED) is 0.867. The van der Waals surface area contributed by atoms with E-state index in [0.717, 1.165) is 20.9 Å². The van der Waals surface area contributed by atoms with E-state index >= 15 is 0 Å². The van der Waals surface area contributed by atoms with Crippen LogP contribution in [0, 0.1) is 13.8 Å². The van der Waals surface area contributed by atoms with E-state index in [1.54, 1.807) is 0 Å². The van der Waals surface area contributed by atoms with Crippen LogP contribution in [-0.4, -0.2) is 13.5 Å². The monoisotopic (exact) mass is 292 g/mol. The van der Waals surface area contributed by atoms with Gasteiger partial charge in [0.1, 0.15) is 5.08 Å². The lowest BCUT2D eigenvalue weighted by molar-refractivity contribution is 0.679. The number of rotatable bonds is 4. The molecule has 0 amide bonds. The fourth-order valence-corrected chi connectivity index (χ4v) is 4.36.